The van der Waals surface area contributed by atoms with E-state index < -0.39 is 0 Å². The Hall–Kier alpha value is -0.610. The van der Waals surface area contributed by atoms with Crippen LogP contribution in [0, 0.1) is 0 Å². The van der Waals surface area contributed by atoms with Crippen LogP contribution >= 0.6 is 8.58 Å². The quantitative estimate of drug-likeness (QED) is 0.546. The minimum atomic E-state index is 0.307. The largest absolute Gasteiger partial charge is 0.0935 e. The van der Waals surface area contributed by atoms with E-state index in [-0.39, 0.29) is 0 Å². The predicted molar refractivity (Wildman–Crippen MR) is 46.0 cm³/mol. The van der Waals surface area contributed by atoms with E-state index in [0.29, 0.717) is 8.58 Å². The van der Waals surface area contributed by atoms with Crippen LogP contribution < -0.4 is 5.30 Å². The molecule has 1 atom stereocenters. The molecule has 1 heteroatoms. The molecule has 0 N–H and O–H groups in total. The Bertz CT molecular complexity index is 179. The highest BCUT2D eigenvalue weighted by Gasteiger charge is 1.89. The van der Waals surface area contributed by atoms with Crippen LogP contribution in [0.3, 0.4) is 0 Å². The first-order valence-corrected chi connectivity index (χ1v) is 4.18. The fourth-order valence-corrected chi connectivity index (χ4v) is 1.42. The van der Waals surface area contributed by atoms with Crippen molar-refractivity contribution in [2.45, 2.75) is 0 Å². The molecule has 0 saturated heterocycles. The lowest BCUT2D eigenvalue weighted by Crippen LogP contribution is -1.87. The number of hydrogen-bond donors (Lipinski definition) is 0. The molecule has 0 nitrogen and oxygen atoms in total. The third kappa shape index (κ3) is 1.99. The van der Waals surface area contributed by atoms with E-state index in [1.165, 1.54) is 5.30 Å². The summed E-state index contributed by atoms with van der Waals surface area (Å²) in [6.45, 7) is 3.69. The average molecular weight is 137 g/mol. The van der Waals surface area contributed by atoms with Crippen LogP contribution in [0.4, 0.5) is 0 Å². The van der Waals surface area contributed by atoms with Crippen LogP contribution in [-0.2, 0) is 0 Å². The maximum atomic E-state index is 3.69. The lowest BCUT2D eigenvalue weighted by atomic mass is 10.4. The van der Waals surface area contributed by atoms with E-state index in [1.54, 1.807) is 0 Å². The number of rotatable bonds is 2. The van der Waals surface area contributed by atoms with E-state index in [9.17, 15) is 0 Å². The Kier molecular flexibility index (Phi) is 2.48. The van der Waals surface area contributed by atoms with Gasteiger partial charge < -0.3 is 0 Å². The molecule has 46 valence electrons. The van der Waals surface area contributed by atoms with E-state index in [4.69, 9.17) is 0 Å². The third-order valence-electron chi connectivity index (χ3n) is 1.11. The zero-order valence-electron chi connectivity index (χ0n) is 5.25. The smallest absolute Gasteiger partial charge is 0.0639 e. The lowest BCUT2D eigenvalue weighted by molar-refractivity contribution is 1.78. The molecule has 0 radical (unpaired) electrons. The second-order valence-corrected chi connectivity index (χ2v) is 3.28. The van der Waals surface area contributed by atoms with Gasteiger partial charge in [-0.05, 0) is 12.1 Å². The molecule has 0 aliphatic carbocycles. The molecule has 1 aromatic carbocycles. The monoisotopic (exact) mass is 137 g/mol. The van der Waals surface area contributed by atoms with Gasteiger partial charge in [0.15, 0.2) is 0 Å². The van der Waals surface area contributed by atoms with Gasteiger partial charge in [0.05, 0.1) is 11.1 Å². The molecule has 0 aromatic heterocycles. The summed E-state index contributed by atoms with van der Waals surface area (Å²) < 4.78 is 0. The van der Waals surface area contributed by atoms with Gasteiger partial charge in [0, 0.05) is 8.58 Å². The van der Waals surface area contributed by atoms with Crippen molar-refractivity contribution in [3.05, 3.63) is 42.7 Å². The molecule has 9 heavy (non-hydrogen) atoms. The number of hydrogen-bond acceptors (Lipinski definition) is 0. The summed E-state index contributed by atoms with van der Waals surface area (Å²) >= 11 is 0. The second-order valence-electron chi connectivity index (χ2n) is 1.81. The molecule has 0 spiro atoms. The summed E-state index contributed by atoms with van der Waals surface area (Å²) in [7, 11) is 0.307. The molecule has 0 amide bonds. The predicted octanol–water partition coefficient (Wildman–Crippen LogP) is 1.87. The summed E-state index contributed by atoms with van der Waals surface area (Å²) in [5, 5.41) is 1.41. The molecule has 0 aliphatic heterocycles. The summed E-state index contributed by atoms with van der Waals surface area (Å²) in [5.74, 6) is 2.00. The SMILES string of the molecule is C=C[PH2+]c1ccccc1. The van der Waals surface area contributed by atoms with Crippen molar-refractivity contribution in [1.29, 1.82) is 0 Å². The first kappa shape index (κ1) is 6.51. The third-order valence-corrected chi connectivity index (χ3v) is 2.12. The summed E-state index contributed by atoms with van der Waals surface area (Å²) in [4.78, 5) is 0. The van der Waals surface area contributed by atoms with Gasteiger partial charge >= 0.3 is 0 Å². The van der Waals surface area contributed by atoms with E-state index in [2.05, 4.69) is 30.8 Å². The topological polar surface area (TPSA) is 0 Å². The number of benzene rings is 1. The first-order chi connectivity index (χ1) is 4.43. The average Bonchev–Trinajstić information content (AvgIpc) is 1.91. The van der Waals surface area contributed by atoms with Crippen LogP contribution in [0.15, 0.2) is 42.7 Å². The fraction of sp³-hybridized carbons (Fsp3) is 0. The summed E-state index contributed by atoms with van der Waals surface area (Å²) in [6.07, 6.45) is 0. The molecule has 1 unspecified atom stereocenters. The highest BCUT2D eigenvalue weighted by molar-refractivity contribution is 7.50. The van der Waals surface area contributed by atoms with Gasteiger partial charge in [0.2, 0.25) is 0 Å². The van der Waals surface area contributed by atoms with Crippen molar-refractivity contribution in [2.75, 3.05) is 0 Å². The van der Waals surface area contributed by atoms with Crippen molar-refractivity contribution in [3.63, 3.8) is 0 Å². The maximum absolute atomic E-state index is 3.69. The highest BCUT2D eigenvalue weighted by Crippen LogP contribution is 2.08. The van der Waals surface area contributed by atoms with Gasteiger partial charge in [-0.1, -0.05) is 24.8 Å². The van der Waals surface area contributed by atoms with Gasteiger partial charge in [-0.15, -0.1) is 0 Å². The molecular formula is C8H10P+. The molecule has 0 fully saturated rings. The van der Waals surface area contributed by atoms with Gasteiger partial charge in [-0.25, -0.2) is 0 Å². The zero-order valence-corrected chi connectivity index (χ0v) is 6.40. The van der Waals surface area contributed by atoms with E-state index in [0.717, 1.165) is 0 Å². The molecule has 1 aromatic rings. The standard InChI is InChI=1S/C8H9P/c1-2-9-8-6-4-3-5-7-8/h2-7,9H,1H2/p+1. The Morgan fingerprint density at radius 2 is 1.89 bits per heavy atom. The molecule has 0 saturated carbocycles. The van der Waals surface area contributed by atoms with Crippen LogP contribution in [0.25, 0.3) is 0 Å². The van der Waals surface area contributed by atoms with Crippen molar-refractivity contribution >= 4 is 13.9 Å². The molecule has 1 rings (SSSR count). The van der Waals surface area contributed by atoms with Gasteiger partial charge in [-0.2, -0.15) is 0 Å². The Morgan fingerprint density at radius 3 is 2.44 bits per heavy atom. The first-order valence-electron chi connectivity index (χ1n) is 2.94. The maximum Gasteiger partial charge on any atom is 0.0935 e. The summed E-state index contributed by atoms with van der Waals surface area (Å²) in [5.41, 5.74) is 0. The van der Waals surface area contributed by atoms with Crippen molar-refractivity contribution in [2.24, 2.45) is 0 Å². The minimum Gasteiger partial charge on any atom is -0.0639 e. The van der Waals surface area contributed by atoms with E-state index >= 15 is 0 Å². The lowest BCUT2D eigenvalue weighted by Gasteiger charge is -1.84. The van der Waals surface area contributed by atoms with E-state index in [1.807, 2.05) is 11.9 Å². The Labute approximate surface area is 57.4 Å². The fourth-order valence-electron chi connectivity index (χ4n) is 0.700. The van der Waals surface area contributed by atoms with Gasteiger partial charge in [0.25, 0.3) is 0 Å². The van der Waals surface area contributed by atoms with Crippen LogP contribution in [0.2, 0.25) is 0 Å². The molecule has 0 heterocycles. The van der Waals surface area contributed by atoms with Crippen molar-refractivity contribution in [1.82, 2.24) is 0 Å². The second kappa shape index (κ2) is 3.42. The van der Waals surface area contributed by atoms with Crippen LogP contribution in [0.5, 0.6) is 0 Å². The Morgan fingerprint density at radius 1 is 1.22 bits per heavy atom. The molecular weight excluding hydrogens is 127 g/mol. The van der Waals surface area contributed by atoms with Crippen LogP contribution in [0.1, 0.15) is 0 Å². The normalized spacial score (nSPS) is 10.2. The van der Waals surface area contributed by atoms with Crippen molar-refractivity contribution in [3.8, 4) is 0 Å². The van der Waals surface area contributed by atoms with Gasteiger partial charge in [-0.3, -0.25) is 0 Å². The van der Waals surface area contributed by atoms with Crippen LogP contribution in [-0.4, -0.2) is 0 Å². The molecule has 0 bridgehead atoms. The minimum absolute atomic E-state index is 0.307. The van der Waals surface area contributed by atoms with Gasteiger partial charge in [0.1, 0.15) is 0 Å². The highest BCUT2D eigenvalue weighted by atomic mass is 31.1. The Balaban J connectivity index is 2.72. The molecule has 0 aliphatic rings. The van der Waals surface area contributed by atoms with Crippen molar-refractivity contribution < 1.29 is 0 Å². The zero-order chi connectivity index (χ0) is 6.53. The summed E-state index contributed by atoms with van der Waals surface area (Å²) in [6, 6.07) is 10.4.